The highest BCUT2D eigenvalue weighted by molar-refractivity contribution is 5.89. The number of fused-ring (bicyclic) bond motifs is 2. The van der Waals surface area contributed by atoms with Crippen molar-refractivity contribution < 1.29 is 14.7 Å². The number of hydrogen-bond acceptors (Lipinski definition) is 4. The minimum absolute atomic E-state index is 0.0625. The first-order valence-electron chi connectivity index (χ1n) is 10.8. The molecule has 5 rings (SSSR count). The lowest BCUT2D eigenvalue weighted by molar-refractivity contribution is -0.149. The Balaban J connectivity index is 1.67. The summed E-state index contributed by atoms with van der Waals surface area (Å²) in [6, 6.07) is 12.0. The van der Waals surface area contributed by atoms with E-state index in [9.17, 15) is 24.3 Å². The van der Waals surface area contributed by atoms with Crippen molar-refractivity contribution in [2.75, 3.05) is 6.54 Å². The molecular formula is C24H22N4O5. The van der Waals surface area contributed by atoms with Crippen molar-refractivity contribution >= 4 is 33.7 Å². The van der Waals surface area contributed by atoms with Crippen molar-refractivity contribution in [2.45, 2.75) is 31.3 Å². The Morgan fingerprint density at radius 3 is 2.48 bits per heavy atom. The molecule has 1 aliphatic heterocycles. The molecule has 1 aliphatic rings. The zero-order valence-electron chi connectivity index (χ0n) is 17.7. The minimum atomic E-state index is -1.19. The number of likely N-dealkylation sites (tertiary alicyclic amines) is 1. The van der Waals surface area contributed by atoms with E-state index in [1.807, 2.05) is 24.3 Å². The third-order valence-corrected chi connectivity index (χ3v) is 6.34. The maximum atomic E-state index is 13.7. The Bertz CT molecular complexity index is 1500. The molecular weight excluding hydrogens is 424 g/mol. The van der Waals surface area contributed by atoms with Gasteiger partial charge in [0.05, 0.1) is 10.9 Å². The number of aromatic amines is 2. The van der Waals surface area contributed by atoms with Crippen LogP contribution in [0.1, 0.15) is 24.4 Å². The zero-order valence-corrected chi connectivity index (χ0v) is 17.7. The Labute approximate surface area is 187 Å². The predicted molar refractivity (Wildman–Crippen MR) is 122 cm³/mol. The van der Waals surface area contributed by atoms with Gasteiger partial charge in [0.1, 0.15) is 12.1 Å². The fourth-order valence-corrected chi connectivity index (χ4v) is 4.74. The maximum absolute atomic E-state index is 13.7. The molecule has 4 aromatic rings. The standard InChI is InChI=1S/C24H22N4O5/c29-21-16-7-2-4-9-18(16)26-24(33)28(21)20(22(30)27-11-5-10-19(27)23(31)32)12-14-13-25-17-8-3-1-6-15(14)17/h1-4,6-9,13,19-20,25H,5,10-12H2,(H,26,33)(H,31,32). The summed E-state index contributed by atoms with van der Waals surface area (Å²) in [5.74, 6) is -1.64. The van der Waals surface area contributed by atoms with E-state index in [0.717, 1.165) is 21.0 Å². The van der Waals surface area contributed by atoms with Gasteiger partial charge in [-0.2, -0.15) is 0 Å². The lowest BCUT2D eigenvalue weighted by Crippen LogP contribution is -2.49. The number of carbonyl (C=O) groups excluding carboxylic acids is 1. The molecule has 1 amide bonds. The number of rotatable bonds is 5. The SMILES string of the molecule is O=C(O)C1CCCN1C(=O)C(Cc1c[nH]c2ccccc12)n1c(=O)[nH]c2ccccc2c1=O. The second kappa shape index (κ2) is 8.09. The number of hydrogen-bond donors (Lipinski definition) is 3. The van der Waals surface area contributed by atoms with Gasteiger partial charge in [0.25, 0.3) is 5.56 Å². The van der Waals surface area contributed by atoms with E-state index < -0.39 is 35.2 Å². The van der Waals surface area contributed by atoms with E-state index in [2.05, 4.69) is 9.97 Å². The van der Waals surface area contributed by atoms with E-state index in [1.54, 1.807) is 30.5 Å². The topological polar surface area (TPSA) is 128 Å². The van der Waals surface area contributed by atoms with Crippen LogP contribution < -0.4 is 11.2 Å². The zero-order chi connectivity index (χ0) is 23.1. The molecule has 0 spiro atoms. The molecule has 2 aromatic heterocycles. The highest BCUT2D eigenvalue weighted by atomic mass is 16.4. The van der Waals surface area contributed by atoms with Gasteiger partial charge in [-0.05, 0) is 36.6 Å². The van der Waals surface area contributed by atoms with Gasteiger partial charge in [-0.15, -0.1) is 0 Å². The number of carboxylic acids is 1. The number of carboxylic acid groups (broad SMARTS) is 1. The number of aromatic nitrogens is 3. The average molecular weight is 446 g/mol. The molecule has 168 valence electrons. The van der Waals surface area contributed by atoms with E-state index in [0.29, 0.717) is 18.4 Å². The van der Waals surface area contributed by atoms with Crippen LogP contribution in [0.2, 0.25) is 0 Å². The second-order valence-corrected chi connectivity index (χ2v) is 8.26. The molecule has 0 radical (unpaired) electrons. The molecule has 1 saturated heterocycles. The Morgan fingerprint density at radius 2 is 1.73 bits per heavy atom. The number of nitrogens with one attached hydrogen (secondary N) is 2. The van der Waals surface area contributed by atoms with Crippen molar-refractivity contribution in [3.63, 3.8) is 0 Å². The first-order chi connectivity index (χ1) is 16.0. The molecule has 9 nitrogen and oxygen atoms in total. The fourth-order valence-electron chi connectivity index (χ4n) is 4.74. The van der Waals surface area contributed by atoms with Crippen LogP contribution >= 0.6 is 0 Å². The van der Waals surface area contributed by atoms with Gasteiger partial charge in [0.2, 0.25) is 5.91 Å². The predicted octanol–water partition coefficient (Wildman–Crippen LogP) is 2.03. The van der Waals surface area contributed by atoms with Crippen LogP contribution in [0, 0.1) is 0 Å². The van der Waals surface area contributed by atoms with Crippen LogP contribution in [0.4, 0.5) is 0 Å². The van der Waals surface area contributed by atoms with Crippen LogP contribution in [-0.2, 0) is 16.0 Å². The summed E-state index contributed by atoms with van der Waals surface area (Å²) in [4.78, 5) is 59.0. The fraction of sp³-hybridized carbons (Fsp3) is 0.250. The van der Waals surface area contributed by atoms with Crippen LogP contribution in [0.3, 0.4) is 0 Å². The van der Waals surface area contributed by atoms with Crippen molar-refractivity contribution in [3.05, 3.63) is 81.1 Å². The van der Waals surface area contributed by atoms with E-state index >= 15 is 0 Å². The summed E-state index contributed by atoms with van der Waals surface area (Å²) in [6.45, 7) is 0.264. The molecule has 0 bridgehead atoms. The van der Waals surface area contributed by atoms with Gasteiger partial charge in [-0.1, -0.05) is 30.3 Å². The van der Waals surface area contributed by atoms with Gasteiger partial charge in [0, 0.05) is 30.1 Å². The van der Waals surface area contributed by atoms with E-state index in [-0.39, 0.29) is 18.4 Å². The molecule has 9 heteroatoms. The molecule has 3 N–H and O–H groups in total. The Morgan fingerprint density at radius 1 is 1.03 bits per heavy atom. The lowest BCUT2D eigenvalue weighted by Gasteiger charge is -2.27. The number of benzene rings is 2. The molecule has 0 saturated carbocycles. The first-order valence-corrected chi connectivity index (χ1v) is 10.8. The van der Waals surface area contributed by atoms with Crippen molar-refractivity contribution in [3.8, 4) is 0 Å². The van der Waals surface area contributed by atoms with Crippen LogP contribution in [0.5, 0.6) is 0 Å². The van der Waals surface area contributed by atoms with Gasteiger partial charge >= 0.3 is 11.7 Å². The van der Waals surface area contributed by atoms with Crippen LogP contribution in [-0.4, -0.2) is 49.0 Å². The minimum Gasteiger partial charge on any atom is -0.480 e. The third-order valence-electron chi connectivity index (χ3n) is 6.34. The van der Waals surface area contributed by atoms with E-state index in [1.165, 1.54) is 4.90 Å². The van der Waals surface area contributed by atoms with Gasteiger partial charge < -0.3 is 20.0 Å². The molecule has 33 heavy (non-hydrogen) atoms. The van der Waals surface area contributed by atoms with Gasteiger partial charge in [-0.25, -0.2) is 14.2 Å². The molecule has 2 unspecified atom stereocenters. The second-order valence-electron chi connectivity index (χ2n) is 8.26. The summed E-state index contributed by atoms with van der Waals surface area (Å²) < 4.78 is 0.934. The largest absolute Gasteiger partial charge is 0.480 e. The molecule has 1 fully saturated rings. The summed E-state index contributed by atoms with van der Waals surface area (Å²) in [6.07, 6.45) is 2.70. The van der Waals surface area contributed by atoms with E-state index in [4.69, 9.17) is 0 Å². The molecule has 2 aromatic carbocycles. The smallest absolute Gasteiger partial charge is 0.329 e. The number of carbonyl (C=O) groups is 2. The van der Waals surface area contributed by atoms with Gasteiger partial charge in [0.15, 0.2) is 0 Å². The van der Waals surface area contributed by atoms with Crippen LogP contribution in [0.15, 0.2) is 64.3 Å². The Hall–Kier alpha value is -4.14. The maximum Gasteiger partial charge on any atom is 0.329 e. The normalized spacial score (nSPS) is 17.0. The summed E-state index contributed by atoms with van der Waals surface area (Å²) >= 11 is 0. The van der Waals surface area contributed by atoms with Crippen LogP contribution in [0.25, 0.3) is 21.8 Å². The third kappa shape index (κ3) is 3.51. The number of para-hydroxylation sites is 2. The molecule has 2 atom stereocenters. The number of aliphatic carboxylic acids is 1. The highest BCUT2D eigenvalue weighted by Crippen LogP contribution is 2.26. The molecule has 0 aliphatic carbocycles. The quantitative estimate of drug-likeness (QED) is 0.432. The highest BCUT2D eigenvalue weighted by Gasteiger charge is 2.39. The number of amides is 1. The summed E-state index contributed by atoms with van der Waals surface area (Å²) in [5.41, 5.74) is 0.714. The lowest BCUT2D eigenvalue weighted by atomic mass is 10.0. The van der Waals surface area contributed by atoms with Gasteiger partial charge in [-0.3, -0.25) is 9.59 Å². The molecule has 3 heterocycles. The number of H-pyrrole nitrogens is 2. The summed E-state index contributed by atoms with van der Waals surface area (Å²) in [7, 11) is 0. The Kier molecular flexibility index (Phi) is 5.08. The average Bonchev–Trinajstić information content (AvgIpc) is 3.46. The number of nitrogens with zero attached hydrogens (tertiary/aromatic N) is 2. The van der Waals surface area contributed by atoms with Crippen molar-refractivity contribution in [1.82, 2.24) is 19.4 Å². The summed E-state index contributed by atoms with van der Waals surface area (Å²) in [5, 5.41) is 10.8. The van der Waals surface area contributed by atoms with Crippen molar-refractivity contribution in [2.24, 2.45) is 0 Å². The van der Waals surface area contributed by atoms with Crippen molar-refractivity contribution in [1.29, 1.82) is 0 Å². The first kappa shape index (κ1) is 20.7. The monoisotopic (exact) mass is 446 g/mol.